The standard InChI is InChI=1S/C15H18O4/c1-8-4-10(16)6-14(3)7-15(18)12(5-11(8)14)9(2)13(17)19-15/h4,11,18H,5-7H2,1-3H3. The van der Waals surface area contributed by atoms with Crippen LogP contribution in [0, 0.1) is 11.3 Å². The van der Waals surface area contributed by atoms with E-state index in [0.29, 0.717) is 30.4 Å². The molecule has 0 saturated heterocycles. The Bertz CT molecular complexity index is 556. The van der Waals surface area contributed by atoms with E-state index < -0.39 is 11.8 Å². The van der Waals surface area contributed by atoms with E-state index in [0.717, 1.165) is 5.57 Å². The normalized spacial score (nSPS) is 41.7. The number of esters is 1. The molecule has 0 aromatic rings. The number of ketones is 1. The molecule has 2 aliphatic carbocycles. The summed E-state index contributed by atoms with van der Waals surface area (Å²) in [5.74, 6) is -1.64. The summed E-state index contributed by atoms with van der Waals surface area (Å²) in [5, 5.41) is 10.6. The molecule has 1 N–H and O–H groups in total. The maximum atomic E-state index is 11.8. The van der Waals surface area contributed by atoms with Gasteiger partial charge in [0.05, 0.1) is 0 Å². The summed E-state index contributed by atoms with van der Waals surface area (Å²) >= 11 is 0. The van der Waals surface area contributed by atoms with Gasteiger partial charge in [-0.1, -0.05) is 12.5 Å². The van der Waals surface area contributed by atoms with E-state index in [1.165, 1.54) is 0 Å². The van der Waals surface area contributed by atoms with Crippen LogP contribution in [0.15, 0.2) is 22.8 Å². The van der Waals surface area contributed by atoms with Crippen molar-refractivity contribution in [2.45, 2.75) is 45.8 Å². The average molecular weight is 262 g/mol. The number of hydrogen-bond donors (Lipinski definition) is 1. The van der Waals surface area contributed by atoms with Crippen molar-refractivity contribution in [2.24, 2.45) is 11.3 Å². The lowest BCUT2D eigenvalue weighted by molar-refractivity contribution is -0.201. The van der Waals surface area contributed by atoms with Gasteiger partial charge in [-0.25, -0.2) is 4.79 Å². The van der Waals surface area contributed by atoms with Crippen LogP contribution < -0.4 is 0 Å². The average Bonchev–Trinajstić information content (AvgIpc) is 2.45. The molecule has 4 nitrogen and oxygen atoms in total. The number of allylic oxidation sites excluding steroid dienone is 2. The van der Waals surface area contributed by atoms with Crippen molar-refractivity contribution < 1.29 is 19.4 Å². The topological polar surface area (TPSA) is 63.6 Å². The number of carbonyl (C=O) groups excluding carboxylic acids is 2. The summed E-state index contributed by atoms with van der Waals surface area (Å²) in [4.78, 5) is 23.5. The van der Waals surface area contributed by atoms with Crippen molar-refractivity contribution in [2.75, 3.05) is 0 Å². The molecule has 0 aromatic heterocycles. The van der Waals surface area contributed by atoms with E-state index in [4.69, 9.17) is 4.74 Å². The Balaban J connectivity index is 2.08. The van der Waals surface area contributed by atoms with Crippen LogP contribution in [-0.4, -0.2) is 22.6 Å². The van der Waals surface area contributed by atoms with Gasteiger partial charge in [0.25, 0.3) is 0 Å². The predicted molar refractivity (Wildman–Crippen MR) is 68.0 cm³/mol. The van der Waals surface area contributed by atoms with E-state index in [1.807, 2.05) is 13.8 Å². The molecule has 1 saturated carbocycles. The van der Waals surface area contributed by atoms with Gasteiger partial charge in [-0.05, 0) is 37.7 Å². The molecule has 3 unspecified atom stereocenters. The summed E-state index contributed by atoms with van der Waals surface area (Å²) in [5.41, 5.74) is 1.93. The third kappa shape index (κ3) is 1.62. The first kappa shape index (κ1) is 12.6. The van der Waals surface area contributed by atoms with Gasteiger partial charge >= 0.3 is 5.97 Å². The molecular formula is C15H18O4. The number of fused-ring (bicyclic) bond motifs is 2. The van der Waals surface area contributed by atoms with Crippen LogP contribution in [-0.2, 0) is 14.3 Å². The van der Waals surface area contributed by atoms with Crippen molar-refractivity contribution in [1.82, 2.24) is 0 Å². The van der Waals surface area contributed by atoms with Crippen molar-refractivity contribution >= 4 is 11.8 Å². The second kappa shape index (κ2) is 3.57. The Morgan fingerprint density at radius 2 is 2.05 bits per heavy atom. The zero-order valence-corrected chi connectivity index (χ0v) is 11.4. The number of carbonyl (C=O) groups is 2. The molecule has 3 atom stereocenters. The second-order valence-electron chi connectivity index (χ2n) is 6.40. The molecule has 3 rings (SSSR count). The minimum atomic E-state index is -1.50. The molecule has 19 heavy (non-hydrogen) atoms. The third-order valence-corrected chi connectivity index (χ3v) is 4.90. The van der Waals surface area contributed by atoms with Crippen LogP contribution in [0.4, 0.5) is 0 Å². The number of hydrogen-bond acceptors (Lipinski definition) is 4. The van der Waals surface area contributed by atoms with Gasteiger partial charge < -0.3 is 9.84 Å². The maximum Gasteiger partial charge on any atom is 0.336 e. The zero-order valence-electron chi connectivity index (χ0n) is 11.4. The van der Waals surface area contributed by atoms with Crippen LogP contribution in [0.3, 0.4) is 0 Å². The molecule has 1 aliphatic heterocycles. The summed E-state index contributed by atoms with van der Waals surface area (Å²) in [6, 6.07) is 0. The van der Waals surface area contributed by atoms with Crippen molar-refractivity contribution in [3.05, 3.63) is 22.8 Å². The molecule has 0 bridgehead atoms. The second-order valence-corrected chi connectivity index (χ2v) is 6.40. The highest BCUT2D eigenvalue weighted by atomic mass is 16.7. The van der Waals surface area contributed by atoms with Gasteiger partial charge in [-0.2, -0.15) is 0 Å². The van der Waals surface area contributed by atoms with Crippen LogP contribution in [0.1, 0.15) is 40.0 Å². The fourth-order valence-corrected chi connectivity index (χ4v) is 3.98. The molecule has 1 heterocycles. The van der Waals surface area contributed by atoms with Crippen molar-refractivity contribution in [3.63, 3.8) is 0 Å². The molecule has 0 spiro atoms. The molecule has 102 valence electrons. The number of aliphatic hydroxyl groups is 1. The number of rotatable bonds is 0. The smallest absolute Gasteiger partial charge is 0.336 e. The van der Waals surface area contributed by atoms with Crippen LogP contribution >= 0.6 is 0 Å². The highest BCUT2D eigenvalue weighted by molar-refractivity contribution is 5.93. The first-order valence-corrected chi connectivity index (χ1v) is 6.62. The lowest BCUT2D eigenvalue weighted by Crippen LogP contribution is -2.49. The van der Waals surface area contributed by atoms with Crippen molar-refractivity contribution in [3.8, 4) is 0 Å². The highest BCUT2D eigenvalue weighted by Crippen LogP contribution is 2.57. The van der Waals surface area contributed by atoms with E-state index in [9.17, 15) is 14.7 Å². The molecule has 0 amide bonds. The Kier molecular flexibility index (Phi) is 2.37. The van der Waals surface area contributed by atoms with Gasteiger partial charge in [0, 0.05) is 24.0 Å². The first-order chi connectivity index (χ1) is 8.75. The van der Waals surface area contributed by atoms with Gasteiger partial charge in [0.2, 0.25) is 5.79 Å². The summed E-state index contributed by atoms with van der Waals surface area (Å²) < 4.78 is 5.16. The monoisotopic (exact) mass is 262 g/mol. The summed E-state index contributed by atoms with van der Waals surface area (Å²) in [6.45, 7) is 5.66. The van der Waals surface area contributed by atoms with Gasteiger partial charge in [-0.3, -0.25) is 4.79 Å². The first-order valence-electron chi connectivity index (χ1n) is 6.62. The molecule has 0 aromatic carbocycles. The molecule has 1 fully saturated rings. The Morgan fingerprint density at radius 3 is 2.74 bits per heavy atom. The van der Waals surface area contributed by atoms with Crippen molar-refractivity contribution in [1.29, 1.82) is 0 Å². The zero-order chi connectivity index (χ0) is 14.0. The molecule has 0 radical (unpaired) electrons. The summed E-state index contributed by atoms with van der Waals surface area (Å²) in [7, 11) is 0. The quantitative estimate of drug-likeness (QED) is 0.677. The van der Waals surface area contributed by atoms with E-state index in [-0.39, 0.29) is 17.1 Å². The largest absolute Gasteiger partial charge is 0.426 e. The maximum absolute atomic E-state index is 11.8. The van der Waals surface area contributed by atoms with E-state index in [1.54, 1.807) is 13.0 Å². The lowest BCUT2D eigenvalue weighted by atomic mass is 9.57. The van der Waals surface area contributed by atoms with Gasteiger partial charge in [-0.15, -0.1) is 0 Å². The van der Waals surface area contributed by atoms with E-state index >= 15 is 0 Å². The highest BCUT2D eigenvalue weighted by Gasteiger charge is 2.57. The van der Waals surface area contributed by atoms with Crippen LogP contribution in [0.2, 0.25) is 0 Å². The van der Waals surface area contributed by atoms with Gasteiger partial charge in [0.15, 0.2) is 5.78 Å². The fraction of sp³-hybridized carbons (Fsp3) is 0.600. The van der Waals surface area contributed by atoms with Crippen LogP contribution in [0.25, 0.3) is 0 Å². The summed E-state index contributed by atoms with van der Waals surface area (Å²) in [6.07, 6.45) is 3.01. The molecular weight excluding hydrogens is 244 g/mol. The van der Waals surface area contributed by atoms with Gasteiger partial charge in [0.1, 0.15) is 0 Å². The predicted octanol–water partition coefficient (Wildman–Crippen LogP) is 1.88. The molecule has 4 heteroatoms. The Labute approximate surface area is 112 Å². The molecule has 3 aliphatic rings. The lowest BCUT2D eigenvalue weighted by Gasteiger charge is -2.49. The van der Waals surface area contributed by atoms with Crippen LogP contribution in [0.5, 0.6) is 0 Å². The third-order valence-electron chi connectivity index (χ3n) is 4.90. The Hall–Kier alpha value is -1.42. The Morgan fingerprint density at radius 1 is 1.37 bits per heavy atom. The minimum Gasteiger partial charge on any atom is -0.426 e. The number of ether oxygens (including phenoxy) is 1. The van der Waals surface area contributed by atoms with E-state index in [2.05, 4.69) is 0 Å². The minimum absolute atomic E-state index is 0.0910. The SMILES string of the molecule is CC1=CC(=O)CC2(C)CC3(O)OC(=O)C(C)=C3CC12. The fourth-order valence-electron chi connectivity index (χ4n) is 3.98.